The van der Waals surface area contributed by atoms with Crippen LogP contribution in [0, 0.1) is 13.8 Å². The summed E-state index contributed by atoms with van der Waals surface area (Å²) >= 11 is 13.7. The van der Waals surface area contributed by atoms with E-state index in [2.05, 4.69) is 22.2 Å². The molecule has 0 aliphatic heterocycles. The lowest BCUT2D eigenvalue weighted by molar-refractivity contribution is 1.22. The third kappa shape index (κ3) is 2.46. The van der Waals surface area contributed by atoms with Crippen molar-refractivity contribution in [2.45, 2.75) is 13.8 Å². The van der Waals surface area contributed by atoms with E-state index in [4.69, 9.17) is 23.2 Å². The lowest BCUT2D eigenvalue weighted by Crippen LogP contribution is -1.97. The summed E-state index contributed by atoms with van der Waals surface area (Å²) in [6.07, 6.45) is 0. The Hall–Kier alpha value is -1.36. The molecule has 2 aromatic heterocycles. The van der Waals surface area contributed by atoms with Gasteiger partial charge in [-0.05, 0) is 43.7 Å². The second-order valence-corrected chi connectivity index (χ2v) is 6.43. The average molecular weight is 324 g/mol. The van der Waals surface area contributed by atoms with E-state index < -0.39 is 0 Å². The SMILES string of the molecule is Cc1sc2nc(Nc3ccc(Cl)cc3)nc(Cl)c2c1C. The summed E-state index contributed by atoms with van der Waals surface area (Å²) in [5.74, 6) is 0.492. The van der Waals surface area contributed by atoms with Crippen LogP contribution in [0.4, 0.5) is 11.6 Å². The molecule has 0 fully saturated rings. The molecular weight excluding hydrogens is 313 g/mol. The highest BCUT2D eigenvalue weighted by Crippen LogP contribution is 2.34. The highest BCUT2D eigenvalue weighted by Gasteiger charge is 2.13. The number of halogens is 2. The molecule has 0 radical (unpaired) electrons. The van der Waals surface area contributed by atoms with E-state index in [-0.39, 0.29) is 0 Å². The number of fused-ring (bicyclic) bond motifs is 1. The molecule has 0 saturated heterocycles. The first-order chi connectivity index (χ1) is 9.54. The number of rotatable bonds is 2. The van der Waals surface area contributed by atoms with Gasteiger partial charge in [-0.25, -0.2) is 9.97 Å². The van der Waals surface area contributed by atoms with Crippen LogP contribution in [0.25, 0.3) is 10.2 Å². The van der Waals surface area contributed by atoms with Crippen LogP contribution in [0.5, 0.6) is 0 Å². The van der Waals surface area contributed by atoms with Crippen molar-refractivity contribution in [1.82, 2.24) is 9.97 Å². The summed E-state index contributed by atoms with van der Waals surface area (Å²) in [6.45, 7) is 4.10. The Balaban J connectivity index is 2.02. The lowest BCUT2D eigenvalue weighted by Gasteiger charge is -2.05. The topological polar surface area (TPSA) is 37.8 Å². The number of aryl methyl sites for hydroxylation is 2. The molecule has 0 unspecified atom stereocenters. The van der Waals surface area contributed by atoms with Crippen molar-refractivity contribution < 1.29 is 0 Å². The molecule has 1 N–H and O–H groups in total. The van der Waals surface area contributed by atoms with Gasteiger partial charge < -0.3 is 5.32 Å². The van der Waals surface area contributed by atoms with Gasteiger partial charge >= 0.3 is 0 Å². The molecule has 6 heteroatoms. The minimum absolute atomic E-state index is 0.480. The monoisotopic (exact) mass is 323 g/mol. The first kappa shape index (κ1) is 13.6. The van der Waals surface area contributed by atoms with Crippen molar-refractivity contribution in [3.8, 4) is 0 Å². The van der Waals surface area contributed by atoms with Crippen molar-refractivity contribution in [3.05, 3.63) is 44.9 Å². The van der Waals surface area contributed by atoms with Crippen LogP contribution in [-0.2, 0) is 0 Å². The zero-order chi connectivity index (χ0) is 14.3. The number of thiophene rings is 1. The van der Waals surface area contributed by atoms with E-state index in [1.54, 1.807) is 11.3 Å². The number of anilines is 2. The molecule has 0 aliphatic carbocycles. The number of nitrogens with zero attached hydrogens (tertiary/aromatic N) is 2. The van der Waals surface area contributed by atoms with Gasteiger partial charge in [0.25, 0.3) is 0 Å². The summed E-state index contributed by atoms with van der Waals surface area (Å²) in [6, 6.07) is 7.36. The van der Waals surface area contributed by atoms with Crippen LogP contribution in [0.3, 0.4) is 0 Å². The Bertz CT molecular complexity index is 781. The Morgan fingerprint density at radius 2 is 1.75 bits per heavy atom. The average Bonchev–Trinajstić information content (AvgIpc) is 2.68. The van der Waals surface area contributed by atoms with Crippen LogP contribution in [0.1, 0.15) is 10.4 Å². The standard InChI is InChI=1S/C14H11Cl2N3S/c1-7-8(2)20-13-11(7)12(16)18-14(19-13)17-10-5-3-9(15)4-6-10/h3-6H,1-2H3,(H,17,18,19). The molecule has 0 bridgehead atoms. The van der Waals surface area contributed by atoms with Gasteiger partial charge in [0.1, 0.15) is 9.98 Å². The maximum absolute atomic E-state index is 6.27. The molecule has 102 valence electrons. The van der Waals surface area contributed by atoms with E-state index in [0.29, 0.717) is 16.1 Å². The molecule has 0 atom stereocenters. The van der Waals surface area contributed by atoms with Crippen molar-refractivity contribution >= 4 is 56.4 Å². The predicted molar refractivity (Wildman–Crippen MR) is 86.6 cm³/mol. The fourth-order valence-electron chi connectivity index (χ4n) is 1.92. The molecule has 3 nitrogen and oxygen atoms in total. The first-order valence-corrected chi connectivity index (χ1v) is 7.57. The second kappa shape index (κ2) is 5.20. The predicted octanol–water partition coefficient (Wildman–Crippen LogP) is 5.36. The lowest BCUT2D eigenvalue weighted by atomic mass is 10.2. The quantitative estimate of drug-likeness (QED) is 0.645. The number of hydrogen-bond donors (Lipinski definition) is 1. The van der Waals surface area contributed by atoms with E-state index in [9.17, 15) is 0 Å². The normalized spacial score (nSPS) is 11.0. The minimum atomic E-state index is 0.480. The Morgan fingerprint density at radius 3 is 2.45 bits per heavy atom. The molecule has 1 aromatic carbocycles. The van der Waals surface area contributed by atoms with Crippen molar-refractivity contribution in [2.24, 2.45) is 0 Å². The number of nitrogens with one attached hydrogen (secondary N) is 1. The highest BCUT2D eigenvalue weighted by atomic mass is 35.5. The van der Waals surface area contributed by atoms with E-state index in [1.807, 2.05) is 31.2 Å². The van der Waals surface area contributed by atoms with Crippen molar-refractivity contribution in [2.75, 3.05) is 5.32 Å². The van der Waals surface area contributed by atoms with Gasteiger partial charge in [-0.2, -0.15) is 0 Å². The molecule has 0 amide bonds. The van der Waals surface area contributed by atoms with Crippen LogP contribution >= 0.6 is 34.5 Å². The largest absolute Gasteiger partial charge is 0.324 e. The van der Waals surface area contributed by atoms with Gasteiger partial charge in [0.2, 0.25) is 5.95 Å². The fraction of sp³-hybridized carbons (Fsp3) is 0.143. The molecule has 0 saturated carbocycles. The zero-order valence-corrected chi connectivity index (χ0v) is 13.2. The van der Waals surface area contributed by atoms with Gasteiger partial charge in [-0.1, -0.05) is 23.2 Å². The maximum Gasteiger partial charge on any atom is 0.230 e. The second-order valence-electron chi connectivity index (χ2n) is 4.43. The van der Waals surface area contributed by atoms with Crippen LogP contribution < -0.4 is 5.32 Å². The van der Waals surface area contributed by atoms with Crippen LogP contribution in [0.15, 0.2) is 24.3 Å². The van der Waals surface area contributed by atoms with Crippen LogP contribution in [-0.4, -0.2) is 9.97 Å². The van der Waals surface area contributed by atoms with Gasteiger partial charge in [0, 0.05) is 15.6 Å². The summed E-state index contributed by atoms with van der Waals surface area (Å²) < 4.78 is 0. The maximum atomic E-state index is 6.27. The number of benzene rings is 1. The summed E-state index contributed by atoms with van der Waals surface area (Å²) in [5.41, 5.74) is 2.02. The minimum Gasteiger partial charge on any atom is -0.324 e. The highest BCUT2D eigenvalue weighted by molar-refractivity contribution is 7.18. The third-order valence-electron chi connectivity index (χ3n) is 3.08. The first-order valence-electron chi connectivity index (χ1n) is 6.00. The van der Waals surface area contributed by atoms with Crippen molar-refractivity contribution in [1.29, 1.82) is 0 Å². The molecule has 3 rings (SSSR count). The summed E-state index contributed by atoms with van der Waals surface area (Å²) in [4.78, 5) is 10.9. The zero-order valence-electron chi connectivity index (χ0n) is 10.9. The Morgan fingerprint density at radius 1 is 1.05 bits per heavy atom. The van der Waals surface area contributed by atoms with E-state index >= 15 is 0 Å². The molecule has 0 aliphatic rings. The molecular formula is C14H11Cl2N3S. The number of hydrogen-bond acceptors (Lipinski definition) is 4. The molecule has 20 heavy (non-hydrogen) atoms. The Kier molecular flexibility index (Phi) is 3.54. The summed E-state index contributed by atoms with van der Waals surface area (Å²) in [5, 5.41) is 5.24. The van der Waals surface area contributed by atoms with Crippen molar-refractivity contribution in [3.63, 3.8) is 0 Å². The van der Waals surface area contributed by atoms with Gasteiger partial charge in [-0.15, -0.1) is 11.3 Å². The molecule has 3 aromatic rings. The summed E-state index contributed by atoms with van der Waals surface area (Å²) in [7, 11) is 0. The van der Waals surface area contributed by atoms with E-state index in [0.717, 1.165) is 21.5 Å². The number of aromatic nitrogens is 2. The third-order valence-corrected chi connectivity index (χ3v) is 4.71. The van der Waals surface area contributed by atoms with Gasteiger partial charge in [0.05, 0.1) is 5.39 Å². The smallest absolute Gasteiger partial charge is 0.230 e. The van der Waals surface area contributed by atoms with E-state index in [1.165, 1.54) is 4.88 Å². The Labute approximate surface area is 130 Å². The molecule has 0 spiro atoms. The van der Waals surface area contributed by atoms with Gasteiger partial charge in [-0.3, -0.25) is 0 Å². The van der Waals surface area contributed by atoms with Crippen LogP contribution in [0.2, 0.25) is 10.2 Å². The molecule has 2 heterocycles. The van der Waals surface area contributed by atoms with Gasteiger partial charge in [0.15, 0.2) is 0 Å². The fourth-order valence-corrected chi connectivity index (χ4v) is 3.44.